The zero-order valence-corrected chi connectivity index (χ0v) is 37.2. The van der Waals surface area contributed by atoms with E-state index >= 15 is 0 Å². The monoisotopic (exact) mass is 856 g/mol. The normalized spacial score (nSPS) is 15.8. The molecule has 0 aromatic heterocycles. The van der Waals surface area contributed by atoms with Crippen molar-refractivity contribution < 1.29 is 0 Å². The van der Waals surface area contributed by atoms with E-state index in [0.29, 0.717) is 5.84 Å². The Balaban J connectivity index is 1.27. The second-order valence-electron chi connectivity index (χ2n) is 17.2. The van der Waals surface area contributed by atoms with Gasteiger partial charge in [-0.1, -0.05) is 255 Å². The Morgan fingerprint density at radius 1 is 0.373 bits per heavy atom. The molecule has 1 aliphatic heterocycles. The van der Waals surface area contributed by atoms with Gasteiger partial charge < -0.3 is 0 Å². The van der Waals surface area contributed by atoms with Crippen LogP contribution in [-0.4, -0.2) is 11.5 Å². The van der Waals surface area contributed by atoms with E-state index in [4.69, 9.17) is 16.6 Å². The zero-order chi connectivity index (χ0) is 44.9. The Morgan fingerprint density at radius 2 is 0.716 bits per heavy atom. The van der Waals surface area contributed by atoms with Gasteiger partial charge >= 0.3 is 0 Å². The van der Waals surface area contributed by atoms with Crippen LogP contribution in [0.5, 0.6) is 0 Å². The van der Waals surface area contributed by atoms with E-state index in [1.807, 2.05) is 0 Å². The van der Waals surface area contributed by atoms with Crippen LogP contribution in [0.3, 0.4) is 0 Å². The average molecular weight is 857 g/mol. The van der Waals surface area contributed by atoms with Crippen molar-refractivity contribution in [3.8, 4) is 55.6 Å². The molecule has 0 fully saturated rings. The highest BCUT2D eigenvalue weighted by Gasteiger charge is 2.37. The third kappa shape index (κ3) is 8.15. The molecule has 2 heteroatoms. The highest BCUT2D eigenvalue weighted by molar-refractivity contribution is 6.23. The molecular weight excluding hydrogens is 809 g/mol. The molecule has 67 heavy (non-hydrogen) atoms. The number of allylic oxidation sites excluding steroid dienone is 4. The van der Waals surface area contributed by atoms with Crippen LogP contribution in [-0.2, 0) is 0 Å². The van der Waals surface area contributed by atoms with Crippen LogP contribution in [0, 0.1) is 0 Å². The van der Waals surface area contributed by atoms with Crippen molar-refractivity contribution in [3.05, 3.63) is 295 Å². The van der Waals surface area contributed by atoms with E-state index in [1.54, 1.807) is 0 Å². The van der Waals surface area contributed by atoms with Gasteiger partial charge in [0.15, 0.2) is 5.84 Å². The molecule has 0 bridgehead atoms. The van der Waals surface area contributed by atoms with E-state index in [2.05, 4.69) is 255 Å². The van der Waals surface area contributed by atoms with E-state index in [9.17, 15) is 0 Å². The number of amidine groups is 1. The summed E-state index contributed by atoms with van der Waals surface area (Å²) < 4.78 is 0. The van der Waals surface area contributed by atoms with E-state index in [0.717, 1.165) is 84.5 Å². The average Bonchev–Trinajstić information content (AvgIpc) is 3.42. The largest absolute Gasteiger partial charge is 0.253 e. The first kappa shape index (κ1) is 41.3. The molecule has 1 aliphatic carbocycles. The third-order valence-electron chi connectivity index (χ3n) is 13.0. The first-order valence-corrected chi connectivity index (χ1v) is 23.1. The molecule has 1 heterocycles. The van der Waals surface area contributed by atoms with Gasteiger partial charge in [0, 0.05) is 11.5 Å². The predicted octanol–water partition coefficient (Wildman–Crippen LogP) is 16.7. The minimum absolute atomic E-state index is 0.128. The molecule has 9 aromatic rings. The lowest BCUT2D eigenvalue weighted by Crippen LogP contribution is -2.24. The molecule has 2 nitrogen and oxygen atoms in total. The molecule has 9 aromatic carbocycles. The van der Waals surface area contributed by atoms with Gasteiger partial charge in [0.1, 0.15) is 6.04 Å². The number of benzene rings is 9. The number of hydrogen-bond acceptors (Lipinski definition) is 2. The summed E-state index contributed by atoms with van der Waals surface area (Å²) in [5.41, 5.74) is 19.9. The Kier molecular flexibility index (Phi) is 11.4. The Bertz CT molecular complexity index is 3210. The van der Waals surface area contributed by atoms with Crippen LogP contribution in [0.4, 0.5) is 0 Å². The smallest absolute Gasteiger partial charge is 0.156 e. The van der Waals surface area contributed by atoms with Crippen molar-refractivity contribution in [1.82, 2.24) is 0 Å². The molecule has 0 saturated carbocycles. The van der Waals surface area contributed by atoms with E-state index in [-0.39, 0.29) is 5.92 Å². The fourth-order valence-electron chi connectivity index (χ4n) is 10.0. The van der Waals surface area contributed by atoms with Gasteiger partial charge in [-0.2, -0.15) is 0 Å². The molecule has 318 valence electrons. The summed E-state index contributed by atoms with van der Waals surface area (Å²) >= 11 is 0. The molecular formula is C65H48N2. The van der Waals surface area contributed by atoms with Crippen LogP contribution >= 0.6 is 0 Å². The van der Waals surface area contributed by atoms with Crippen molar-refractivity contribution in [2.45, 2.75) is 18.4 Å². The molecule has 0 N–H and O–H groups in total. The van der Waals surface area contributed by atoms with Crippen LogP contribution in [0.25, 0.3) is 61.2 Å². The standard InChI is InChI=1S/C65H48N2/c1-45-63(56-43-54(46-26-10-2-11-27-46)42-55(44-56)47-28-12-3-13-29-47)66-65(53-40-24-9-25-41-53)67-64(45)62-60(51-36-20-7-21-37-51)58(49-32-16-5-17-33-49)57(48-30-14-4-15-31-48)59(50-34-18-6-19-35-50)61(62)52-38-22-8-23-39-52/h2-43,55,64H,1,44H2. The Labute approximate surface area is 394 Å². The summed E-state index contributed by atoms with van der Waals surface area (Å²) in [4.78, 5) is 11.4. The van der Waals surface area contributed by atoms with Crippen molar-refractivity contribution >= 4 is 17.1 Å². The van der Waals surface area contributed by atoms with Gasteiger partial charge in [0.25, 0.3) is 0 Å². The van der Waals surface area contributed by atoms with Crippen LogP contribution in [0.1, 0.15) is 40.6 Å². The number of nitrogens with zero attached hydrogens (tertiary/aromatic N) is 2. The van der Waals surface area contributed by atoms with Gasteiger partial charge in [0.05, 0.1) is 5.71 Å². The number of rotatable bonds is 10. The van der Waals surface area contributed by atoms with Gasteiger partial charge in [-0.15, -0.1) is 0 Å². The van der Waals surface area contributed by atoms with Crippen LogP contribution in [0.15, 0.2) is 283 Å². The number of hydrogen-bond donors (Lipinski definition) is 0. The van der Waals surface area contributed by atoms with Crippen molar-refractivity contribution in [2.75, 3.05) is 0 Å². The van der Waals surface area contributed by atoms with Gasteiger partial charge in [0.2, 0.25) is 0 Å². The van der Waals surface area contributed by atoms with Crippen LogP contribution < -0.4 is 0 Å². The van der Waals surface area contributed by atoms with Gasteiger partial charge in [-0.25, -0.2) is 4.99 Å². The SMILES string of the molecule is C=C1C(C2=CC(c3ccccc3)=CC(c3ccccc3)C2)=NC(c2ccccc2)=NC1c1c(-c2ccccc2)c(-c2ccccc2)c(-c2ccccc2)c(-c2ccccc2)c1-c1ccccc1. The fourth-order valence-corrected chi connectivity index (χ4v) is 10.0. The lowest BCUT2D eigenvalue weighted by atomic mass is 9.72. The summed E-state index contributed by atoms with van der Waals surface area (Å²) in [7, 11) is 0. The van der Waals surface area contributed by atoms with Gasteiger partial charge in [-0.05, 0) is 102 Å². The maximum atomic E-state index is 5.83. The molecule has 0 saturated heterocycles. The maximum Gasteiger partial charge on any atom is 0.156 e. The second kappa shape index (κ2) is 18.6. The van der Waals surface area contributed by atoms with Crippen molar-refractivity contribution in [2.24, 2.45) is 9.98 Å². The van der Waals surface area contributed by atoms with Gasteiger partial charge in [-0.3, -0.25) is 4.99 Å². The molecule has 0 radical (unpaired) electrons. The molecule has 2 unspecified atom stereocenters. The summed E-state index contributed by atoms with van der Waals surface area (Å²) in [6, 6.07) is 86.1. The lowest BCUT2D eigenvalue weighted by molar-refractivity contribution is 0.828. The summed E-state index contributed by atoms with van der Waals surface area (Å²) in [6.45, 7) is 5.11. The second-order valence-corrected chi connectivity index (χ2v) is 17.2. The maximum absolute atomic E-state index is 5.83. The highest BCUT2D eigenvalue weighted by atomic mass is 15.0. The molecule has 2 atom stereocenters. The zero-order valence-electron chi connectivity index (χ0n) is 37.2. The molecule has 0 spiro atoms. The predicted molar refractivity (Wildman–Crippen MR) is 282 cm³/mol. The summed E-state index contributed by atoms with van der Waals surface area (Å²) in [5.74, 6) is 0.817. The topological polar surface area (TPSA) is 24.7 Å². The number of aliphatic imine (C=N–C) groups is 2. The minimum Gasteiger partial charge on any atom is -0.253 e. The fraction of sp³-hybridized carbons (Fsp3) is 0.0462. The van der Waals surface area contributed by atoms with E-state index < -0.39 is 6.04 Å². The van der Waals surface area contributed by atoms with Crippen molar-refractivity contribution in [1.29, 1.82) is 0 Å². The van der Waals surface area contributed by atoms with Crippen LogP contribution in [0.2, 0.25) is 0 Å². The lowest BCUT2D eigenvalue weighted by Gasteiger charge is -2.34. The minimum atomic E-state index is -0.537. The molecule has 2 aliphatic rings. The Hall–Kier alpha value is -8.46. The molecule has 0 amide bonds. The molecule has 11 rings (SSSR count). The Morgan fingerprint density at radius 3 is 1.13 bits per heavy atom. The summed E-state index contributed by atoms with van der Waals surface area (Å²) in [6.07, 6.45) is 5.54. The first-order chi connectivity index (χ1) is 33.2. The first-order valence-electron chi connectivity index (χ1n) is 23.1. The summed E-state index contributed by atoms with van der Waals surface area (Å²) in [5, 5.41) is 0. The third-order valence-corrected chi connectivity index (χ3v) is 13.0. The quantitative estimate of drug-likeness (QED) is 0.131. The van der Waals surface area contributed by atoms with Crippen molar-refractivity contribution in [3.63, 3.8) is 0 Å². The highest BCUT2D eigenvalue weighted by Crippen LogP contribution is 2.56. The van der Waals surface area contributed by atoms with E-state index in [1.165, 1.54) is 22.3 Å².